The zero-order valence-corrected chi connectivity index (χ0v) is 7.36. The van der Waals surface area contributed by atoms with E-state index >= 15 is 0 Å². The van der Waals surface area contributed by atoms with Crippen LogP contribution < -0.4 is 0 Å². The number of fused-ring (bicyclic) bond motifs is 1. The van der Waals surface area contributed by atoms with Crippen LogP contribution in [-0.2, 0) is 13.0 Å². The molecule has 0 fully saturated rings. The van der Waals surface area contributed by atoms with Gasteiger partial charge in [0.1, 0.15) is 5.56 Å². The molecule has 1 aromatic rings. The molecular formula is C9H12N2O2. The number of nitrogens with zero attached hydrogens (tertiary/aromatic N) is 2. The molecule has 0 aliphatic carbocycles. The first-order valence-electron chi connectivity index (χ1n) is 4.57. The van der Waals surface area contributed by atoms with E-state index < -0.39 is 5.97 Å². The quantitative estimate of drug-likeness (QED) is 0.708. The maximum absolute atomic E-state index is 10.8. The van der Waals surface area contributed by atoms with Crippen molar-refractivity contribution < 1.29 is 9.90 Å². The number of rotatable bonds is 1. The molecule has 13 heavy (non-hydrogen) atoms. The highest BCUT2D eigenvalue weighted by atomic mass is 16.4. The van der Waals surface area contributed by atoms with Gasteiger partial charge in [-0.2, -0.15) is 5.10 Å². The zero-order chi connectivity index (χ0) is 9.26. The molecule has 0 amide bonds. The summed E-state index contributed by atoms with van der Waals surface area (Å²) in [4.78, 5) is 10.8. The number of aromatic nitrogens is 2. The fourth-order valence-electron chi connectivity index (χ4n) is 1.78. The summed E-state index contributed by atoms with van der Waals surface area (Å²) in [5, 5.41) is 12.9. The second-order valence-corrected chi connectivity index (χ2v) is 3.34. The van der Waals surface area contributed by atoms with Crippen LogP contribution in [0.5, 0.6) is 0 Å². The van der Waals surface area contributed by atoms with E-state index in [-0.39, 0.29) is 0 Å². The van der Waals surface area contributed by atoms with E-state index in [0.717, 1.165) is 31.5 Å². The van der Waals surface area contributed by atoms with Crippen molar-refractivity contribution in [2.45, 2.75) is 32.2 Å². The largest absolute Gasteiger partial charge is 0.478 e. The van der Waals surface area contributed by atoms with E-state index in [1.807, 2.05) is 4.68 Å². The summed E-state index contributed by atoms with van der Waals surface area (Å²) in [6.07, 6.45) is 5.66. The Kier molecular flexibility index (Phi) is 2.04. The maximum atomic E-state index is 10.8. The Morgan fingerprint density at radius 3 is 3.08 bits per heavy atom. The van der Waals surface area contributed by atoms with Crippen molar-refractivity contribution >= 4 is 5.97 Å². The Balaban J connectivity index is 2.39. The Morgan fingerprint density at radius 1 is 1.46 bits per heavy atom. The van der Waals surface area contributed by atoms with Crippen molar-refractivity contribution in [3.63, 3.8) is 0 Å². The number of aryl methyl sites for hydroxylation is 1. The van der Waals surface area contributed by atoms with Gasteiger partial charge in [-0.05, 0) is 19.3 Å². The highest BCUT2D eigenvalue weighted by Gasteiger charge is 2.17. The van der Waals surface area contributed by atoms with E-state index in [4.69, 9.17) is 5.11 Å². The fraction of sp³-hybridized carbons (Fsp3) is 0.556. The second kappa shape index (κ2) is 3.20. The molecule has 0 spiro atoms. The van der Waals surface area contributed by atoms with Gasteiger partial charge < -0.3 is 5.11 Å². The van der Waals surface area contributed by atoms with Crippen LogP contribution in [0.3, 0.4) is 0 Å². The van der Waals surface area contributed by atoms with Crippen molar-refractivity contribution in [2.24, 2.45) is 0 Å². The topological polar surface area (TPSA) is 55.1 Å². The molecule has 0 bridgehead atoms. The Hall–Kier alpha value is -1.32. The molecule has 1 N–H and O–H groups in total. The molecule has 1 aromatic heterocycles. The standard InChI is InChI=1S/C9H12N2O2/c12-9(13)7-6-10-11-5-3-1-2-4-8(7)11/h6H,1-5H2,(H,12,13). The minimum Gasteiger partial charge on any atom is -0.478 e. The molecule has 0 aromatic carbocycles. The van der Waals surface area contributed by atoms with Gasteiger partial charge in [-0.1, -0.05) is 6.42 Å². The third-order valence-corrected chi connectivity index (χ3v) is 2.46. The van der Waals surface area contributed by atoms with Crippen molar-refractivity contribution in [2.75, 3.05) is 0 Å². The van der Waals surface area contributed by atoms with Crippen LogP contribution in [0.1, 0.15) is 35.3 Å². The number of carboxylic acid groups (broad SMARTS) is 1. The molecule has 4 heteroatoms. The van der Waals surface area contributed by atoms with E-state index in [1.54, 1.807) is 0 Å². The smallest absolute Gasteiger partial charge is 0.339 e. The van der Waals surface area contributed by atoms with Crippen LogP contribution in [0, 0.1) is 0 Å². The lowest BCUT2D eigenvalue weighted by molar-refractivity contribution is 0.0695. The minimum atomic E-state index is -0.858. The number of hydrogen-bond acceptors (Lipinski definition) is 2. The molecule has 1 aliphatic heterocycles. The number of carbonyl (C=O) groups is 1. The molecule has 0 radical (unpaired) electrons. The summed E-state index contributed by atoms with van der Waals surface area (Å²) >= 11 is 0. The van der Waals surface area contributed by atoms with Crippen molar-refractivity contribution in [3.05, 3.63) is 17.5 Å². The predicted octanol–water partition coefficient (Wildman–Crippen LogP) is 1.31. The molecule has 2 rings (SSSR count). The molecule has 0 unspecified atom stereocenters. The van der Waals surface area contributed by atoms with Gasteiger partial charge in [-0.25, -0.2) is 4.79 Å². The Labute approximate surface area is 76.2 Å². The van der Waals surface area contributed by atoms with Gasteiger partial charge in [-0.15, -0.1) is 0 Å². The molecular weight excluding hydrogens is 168 g/mol. The van der Waals surface area contributed by atoms with E-state index in [9.17, 15) is 4.79 Å². The van der Waals surface area contributed by atoms with Crippen molar-refractivity contribution in [1.29, 1.82) is 0 Å². The average molecular weight is 180 g/mol. The normalized spacial score (nSPS) is 16.3. The predicted molar refractivity (Wildman–Crippen MR) is 46.7 cm³/mol. The van der Waals surface area contributed by atoms with Gasteiger partial charge in [0.15, 0.2) is 0 Å². The Bertz CT molecular complexity index is 330. The first-order chi connectivity index (χ1) is 6.29. The molecule has 0 saturated carbocycles. The summed E-state index contributed by atoms with van der Waals surface area (Å²) in [5.41, 5.74) is 1.27. The summed E-state index contributed by atoms with van der Waals surface area (Å²) in [7, 11) is 0. The highest BCUT2D eigenvalue weighted by Crippen LogP contribution is 2.17. The van der Waals surface area contributed by atoms with E-state index in [1.165, 1.54) is 12.6 Å². The molecule has 70 valence electrons. The first-order valence-corrected chi connectivity index (χ1v) is 4.57. The fourth-order valence-corrected chi connectivity index (χ4v) is 1.78. The van der Waals surface area contributed by atoms with Crippen LogP contribution in [-0.4, -0.2) is 20.9 Å². The first kappa shape index (κ1) is 8.29. The second-order valence-electron chi connectivity index (χ2n) is 3.34. The van der Waals surface area contributed by atoms with Crippen LogP contribution in [0.25, 0.3) is 0 Å². The number of hydrogen-bond donors (Lipinski definition) is 1. The van der Waals surface area contributed by atoms with Gasteiger partial charge in [0.25, 0.3) is 0 Å². The van der Waals surface area contributed by atoms with Crippen molar-refractivity contribution in [1.82, 2.24) is 9.78 Å². The summed E-state index contributed by atoms with van der Waals surface area (Å²) in [6, 6.07) is 0. The van der Waals surface area contributed by atoms with Gasteiger partial charge in [0.2, 0.25) is 0 Å². The third kappa shape index (κ3) is 1.43. The summed E-state index contributed by atoms with van der Waals surface area (Å²) < 4.78 is 1.83. The number of aromatic carboxylic acids is 1. The lowest BCUT2D eigenvalue weighted by Gasteiger charge is -2.01. The number of carboxylic acids is 1. The molecule has 2 heterocycles. The van der Waals surface area contributed by atoms with Crippen LogP contribution in [0.15, 0.2) is 6.20 Å². The minimum absolute atomic E-state index is 0.377. The highest BCUT2D eigenvalue weighted by molar-refractivity contribution is 5.88. The van der Waals surface area contributed by atoms with Gasteiger partial charge in [-0.3, -0.25) is 4.68 Å². The third-order valence-electron chi connectivity index (χ3n) is 2.46. The van der Waals surface area contributed by atoms with E-state index in [0.29, 0.717) is 5.56 Å². The van der Waals surface area contributed by atoms with E-state index in [2.05, 4.69) is 5.10 Å². The van der Waals surface area contributed by atoms with Gasteiger partial charge in [0.05, 0.1) is 11.9 Å². The molecule has 4 nitrogen and oxygen atoms in total. The average Bonchev–Trinajstić information content (AvgIpc) is 2.36. The molecule has 0 saturated heterocycles. The van der Waals surface area contributed by atoms with Crippen LogP contribution >= 0.6 is 0 Å². The maximum Gasteiger partial charge on any atom is 0.339 e. The summed E-state index contributed by atoms with van der Waals surface area (Å²) in [5.74, 6) is -0.858. The lowest BCUT2D eigenvalue weighted by atomic mass is 10.1. The summed E-state index contributed by atoms with van der Waals surface area (Å²) in [6.45, 7) is 0.864. The van der Waals surface area contributed by atoms with Gasteiger partial charge >= 0.3 is 5.97 Å². The van der Waals surface area contributed by atoms with Crippen LogP contribution in [0.4, 0.5) is 0 Å². The Morgan fingerprint density at radius 2 is 2.31 bits per heavy atom. The molecule has 0 atom stereocenters. The SMILES string of the molecule is O=C(O)c1cnn2c1CCCCC2. The monoisotopic (exact) mass is 180 g/mol. The molecule has 1 aliphatic rings. The lowest BCUT2D eigenvalue weighted by Crippen LogP contribution is -2.05. The zero-order valence-electron chi connectivity index (χ0n) is 7.36. The van der Waals surface area contributed by atoms with Gasteiger partial charge in [0, 0.05) is 6.54 Å². The van der Waals surface area contributed by atoms with Crippen LogP contribution in [0.2, 0.25) is 0 Å². The van der Waals surface area contributed by atoms with Crippen molar-refractivity contribution in [3.8, 4) is 0 Å².